The highest BCUT2D eigenvalue weighted by Gasteiger charge is 2.78. The molecule has 4 aliphatic carbocycles. The topological polar surface area (TPSA) is 135 Å². The molecule has 0 heterocycles. The highest BCUT2D eigenvalue weighted by molar-refractivity contribution is 7.86. The Morgan fingerprint density at radius 3 is 2.00 bits per heavy atom. The number of oxime groups is 1. The van der Waals surface area contributed by atoms with Crippen molar-refractivity contribution in [2.24, 2.45) is 39.7 Å². The van der Waals surface area contributed by atoms with Crippen LogP contribution in [-0.2, 0) is 43.0 Å². The molecule has 4 rings (SSSR count). The molecule has 186 valence electrons. The summed E-state index contributed by atoms with van der Waals surface area (Å²) in [5, 5.41) is 4.14. The van der Waals surface area contributed by atoms with Gasteiger partial charge in [0.05, 0.1) is 12.0 Å². The molecule has 4 bridgehead atoms. The number of ether oxygens (including phenoxy) is 2. The molecule has 0 aliphatic heterocycles. The molecule has 0 radical (unpaired) electrons. The van der Waals surface area contributed by atoms with E-state index in [0.717, 1.165) is 6.26 Å². The number of hydrogen-bond donors (Lipinski definition) is 0. The number of carbonyl (C=O) groups is 3. The maximum absolute atomic E-state index is 12.4. The molecule has 4 fully saturated rings. The van der Waals surface area contributed by atoms with Crippen molar-refractivity contribution in [1.29, 1.82) is 0 Å². The highest BCUT2D eigenvalue weighted by Crippen LogP contribution is 2.73. The largest absolute Gasteiger partial charge is 0.458 e. The van der Waals surface area contributed by atoms with Crippen LogP contribution in [0, 0.1) is 34.5 Å². The minimum atomic E-state index is -3.99. The van der Waals surface area contributed by atoms with Gasteiger partial charge in [0.25, 0.3) is 10.1 Å². The van der Waals surface area contributed by atoms with E-state index < -0.39 is 57.2 Å². The highest BCUT2D eigenvalue weighted by atomic mass is 32.2. The monoisotopic (exact) mass is 487 g/mol. The molecular formula is C22H33NO9S. The molecule has 8 atom stereocenters. The molecule has 4 aliphatic rings. The zero-order chi connectivity index (χ0) is 25.1. The predicted octanol–water partition coefficient (Wildman–Crippen LogP) is 2.06. The Kier molecular flexibility index (Phi) is 6.47. The summed E-state index contributed by atoms with van der Waals surface area (Å²) < 4.78 is 41.7. The van der Waals surface area contributed by atoms with Gasteiger partial charge in [-0.3, -0.25) is 13.8 Å². The van der Waals surface area contributed by atoms with Crippen molar-refractivity contribution in [3.63, 3.8) is 0 Å². The van der Waals surface area contributed by atoms with Crippen LogP contribution in [0.1, 0.15) is 54.9 Å². The molecule has 0 aromatic heterocycles. The van der Waals surface area contributed by atoms with E-state index in [1.165, 1.54) is 20.8 Å². The van der Waals surface area contributed by atoms with Crippen molar-refractivity contribution < 1.29 is 41.3 Å². The van der Waals surface area contributed by atoms with E-state index in [0.29, 0.717) is 12.1 Å². The second-order valence-electron chi connectivity index (χ2n) is 10.4. The predicted molar refractivity (Wildman–Crippen MR) is 116 cm³/mol. The van der Waals surface area contributed by atoms with Crippen LogP contribution in [0.15, 0.2) is 5.16 Å². The summed E-state index contributed by atoms with van der Waals surface area (Å²) in [6.45, 7) is 11.4. The third kappa shape index (κ3) is 4.29. The van der Waals surface area contributed by atoms with E-state index >= 15 is 0 Å². The molecule has 0 saturated heterocycles. The lowest BCUT2D eigenvalue weighted by Gasteiger charge is -2.69. The van der Waals surface area contributed by atoms with Crippen molar-refractivity contribution in [1.82, 2.24) is 0 Å². The van der Waals surface area contributed by atoms with E-state index in [1.807, 2.05) is 27.7 Å². The maximum atomic E-state index is 12.4. The summed E-state index contributed by atoms with van der Waals surface area (Å²) in [5.41, 5.74) is -0.966. The summed E-state index contributed by atoms with van der Waals surface area (Å²) in [7, 11) is -3.99. The lowest BCUT2D eigenvalue weighted by Crippen LogP contribution is -2.71. The van der Waals surface area contributed by atoms with Gasteiger partial charge < -0.3 is 14.3 Å². The molecule has 0 amide bonds. The summed E-state index contributed by atoms with van der Waals surface area (Å²) in [4.78, 5) is 40.6. The van der Waals surface area contributed by atoms with Gasteiger partial charge >= 0.3 is 17.9 Å². The summed E-state index contributed by atoms with van der Waals surface area (Å²) in [5.74, 6) is -2.26. The van der Waals surface area contributed by atoms with E-state index in [9.17, 15) is 22.8 Å². The van der Waals surface area contributed by atoms with E-state index in [-0.39, 0.29) is 23.7 Å². The normalized spacial score (nSPS) is 40.2. The SMILES string of the molecule is CC(=O)ON=C1C[C@@H](C)[C@H]2[C@H]3[C@@H]1[C@]2(C)[C@H](OS(C)(=O)=O)[C@H](OC(C)=O)[C@@H](OC(C)=O)C3(C)C. The van der Waals surface area contributed by atoms with Crippen LogP contribution in [0.25, 0.3) is 0 Å². The van der Waals surface area contributed by atoms with Crippen LogP contribution in [0.4, 0.5) is 0 Å². The molecule has 0 aromatic carbocycles. The number of hydrogen-bond acceptors (Lipinski definition) is 10. The van der Waals surface area contributed by atoms with Gasteiger partial charge in [-0.25, -0.2) is 4.79 Å². The van der Waals surface area contributed by atoms with Gasteiger partial charge in [0.1, 0.15) is 12.2 Å². The molecule has 10 nitrogen and oxygen atoms in total. The van der Waals surface area contributed by atoms with Gasteiger partial charge in [0.15, 0.2) is 6.10 Å². The van der Waals surface area contributed by atoms with Crippen molar-refractivity contribution in [2.75, 3.05) is 6.26 Å². The number of esters is 2. The summed E-state index contributed by atoms with van der Waals surface area (Å²) in [6, 6.07) is 0. The Hall–Kier alpha value is -2.01. The van der Waals surface area contributed by atoms with Crippen molar-refractivity contribution >= 4 is 33.7 Å². The molecular weight excluding hydrogens is 454 g/mol. The van der Waals surface area contributed by atoms with Gasteiger partial charge in [-0.1, -0.05) is 32.9 Å². The molecule has 0 aromatic rings. The number of carbonyl (C=O) groups excluding carboxylic acids is 3. The third-order valence-electron chi connectivity index (χ3n) is 7.60. The van der Waals surface area contributed by atoms with Gasteiger partial charge in [-0.2, -0.15) is 8.42 Å². The average Bonchev–Trinajstić information content (AvgIpc) is 2.71. The third-order valence-corrected chi connectivity index (χ3v) is 8.16. The second kappa shape index (κ2) is 8.33. The van der Waals surface area contributed by atoms with Gasteiger partial charge in [0, 0.05) is 37.5 Å². The Morgan fingerprint density at radius 2 is 1.52 bits per heavy atom. The molecule has 33 heavy (non-hydrogen) atoms. The first-order valence-electron chi connectivity index (χ1n) is 11.0. The summed E-state index contributed by atoms with van der Waals surface area (Å²) >= 11 is 0. The lowest BCUT2D eigenvalue weighted by atomic mass is 9.35. The van der Waals surface area contributed by atoms with Crippen molar-refractivity contribution in [2.45, 2.75) is 73.2 Å². The fraction of sp³-hybridized carbons (Fsp3) is 0.818. The molecule has 4 saturated carbocycles. The Labute approximate surface area is 194 Å². The minimum Gasteiger partial charge on any atom is -0.458 e. The zero-order valence-corrected chi connectivity index (χ0v) is 21.1. The van der Waals surface area contributed by atoms with Crippen LogP contribution in [0.2, 0.25) is 0 Å². The van der Waals surface area contributed by atoms with E-state index in [1.54, 1.807) is 0 Å². The van der Waals surface area contributed by atoms with Gasteiger partial charge in [-0.05, 0) is 24.2 Å². The lowest BCUT2D eigenvalue weighted by molar-refractivity contribution is -0.203. The Morgan fingerprint density at radius 1 is 0.939 bits per heavy atom. The number of fused-ring (bicyclic) bond motifs is 2. The maximum Gasteiger partial charge on any atom is 0.331 e. The number of rotatable bonds is 5. The number of nitrogens with zero attached hydrogens (tertiary/aromatic N) is 1. The molecule has 11 heteroatoms. The van der Waals surface area contributed by atoms with Crippen LogP contribution in [-0.4, -0.2) is 56.6 Å². The van der Waals surface area contributed by atoms with E-state index in [4.69, 9.17) is 18.5 Å². The van der Waals surface area contributed by atoms with E-state index in [2.05, 4.69) is 5.16 Å². The van der Waals surface area contributed by atoms with Crippen LogP contribution >= 0.6 is 0 Å². The first-order chi connectivity index (χ1) is 15.0. The second-order valence-corrected chi connectivity index (χ2v) is 12.0. The van der Waals surface area contributed by atoms with Gasteiger partial charge in [0.2, 0.25) is 0 Å². The van der Waals surface area contributed by atoms with Crippen molar-refractivity contribution in [3.05, 3.63) is 0 Å². The Balaban J connectivity index is 2.27. The fourth-order valence-corrected chi connectivity index (χ4v) is 7.54. The zero-order valence-electron chi connectivity index (χ0n) is 20.3. The average molecular weight is 488 g/mol. The van der Waals surface area contributed by atoms with Crippen molar-refractivity contribution in [3.8, 4) is 0 Å². The smallest absolute Gasteiger partial charge is 0.331 e. The van der Waals surface area contributed by atoms with Crippen LogP contribution < -0.4 is 0 Å². The van der Waals surface area contributed by atoms with Crippen LogP contribution in [0.3, 0.4) is 0 Å². The molecule has 0 N–H and O–H groups in total. The fourth-order valence-electron chi connectivity index (χ4n) is 6.85. The minimum absolute atomic E-state index is 0.0262. The quantitative estimate of drug-likeness (QED) is 0.247. The van der Waals surface area contributed by atoms with Crippen LogP contribution in [0.5, 0.6) is 0 Å². The Bertz CT molecular complexity index is 988. The molecule has 0 spiro atoms. The first kappa shape index (κ1) is 25.6. The first-order valence-corrected chi connectivity index (χ1v) is 12.8. The summed E-state index contributed by atoms with van der Waals surface area (Å²) in [6.07, 6.45) is -1.78. The molecule has 0 unspecified atom stereocenters. The standard InChI is InChI=1S/C22H33NO9S/c1-10-9-14(23-31-13(4)26)16-17-15(10)22(16,7)20(32-33(8,27)28)18(29-11(2)24)19(21(17,5)6)30-12(3)25/h10,15-20H,9H2,1-8H3/t10-,15+,16-,17+,18-,19-,20-,22-/m1/s1. The van der Waals surface area contributed by atoms with Gasteiger partial charge in [-0.15, -0.1) is 0 Å².